The van der Waals surface area contributed by atoms with E-state index >= 15 is 0 Å². The topological polar surface area (TPSA) is 81.2 Å². The molecule has 1 aliphatic heterocycles. The van der Waals surface area contributed by atoms with Gasteiger partial charge in [-0.25, -0.2) is 8.42 Å². The lowest BCUT2D eigenvalue weighted by Crippen LogP contribution is -2.43. The minimum Gasteiger partial charge on any atom is -0.356 e. The molecule has 1 saturated heterocycles. The van der Waals surface area contributed by atoms with Crippen molar-refractivity contribution < 1.29 is 26.3 Å². The van der Waals surface area contributed by atoms with Gasteiger partial charge in [-0.15, -0.1) is 0 Å². The molecule has 3 rings (SSSR count). The third-order valence-corrected chi connectivity index (χ3v) is 7.15. The van der Waals surface area contributed by atoms with E-state index in [4.69, 9.17) is 4.74 Å². The minimum absolute atomic E-state index is 0.00377. The third kappa shape index (κ3) is 3.30. The van der Waals surface area contributed by atoms with Gasteiger partial charge in [0.05, 0.1) is 21.8 Å². The van der Waals surface area contributed by atoms with Crippen molar-refractivity contribution in [1.82, 2.24) is 9.78 Å². The number of halogens is 3. The summed E-state index contributed by atoms with van der Waals surface area (Å²) in [4.78, 5) is 10.9. The molecule has 1 aliphatic rings. The molecule has 0 saturated carbocycles. The van der Waals surface area contributed by atoms with Gasteiger partial charge in [-0.2, -0.15) is 13.2 Å². The summed E-state index contributed by atoms with van der Waals surface area (Å²) in [6.07, 6.45) is -3.79. The van der Waals surface area contributed by atoms with E-state index < -0.39 is 32.6 Å². The summed E-state index contributed by atoms with van der Waals surface area (Å²) >= 11 is 0. The van der Waals surface area contributed by atoms with Crippen LogP contribution < -0.4 is 5.56 Å². The van der Waals surface area contributed by atoms with Crippen LogP contribution in [0.5, 0.6) is 0 Å². The van der Waals surface area contributed by atoms with Crippen LogP contribution in [0.15, 0.2) is 46.2 Å². The maximum atomic E-state index is 13.1. The summed E-state index contributed by atoms with van der Waals surface area (Å²) in [5.41, 5.74) is -1.37. The molecular weight excluding hydrogens is 373 g/mol. The van der Waals surface area contributed by atoms with Gasteiger partial charge in [0.25, 0.3) is 5.56 Å². The quantitative estimate of drug-likeness (QED) is 0.874. The van der Waals surface area contributed by atoms with Crippen LogP contribution in [0.3, 0.4) is 0 Å². The second-order valence-corrected chi connectivity index (χ2v) is 8.92. The molecule has 6 nitrogen and oxygen atoms in total. The van der Waals surface area contributed by atoms with E-state index in [0.29, 0.717) is 6.07 Å². The molecule has 2 atom stereocenters. The predicted octanol–water partition coefficient (Wildman–Crippen LogP) is 2.74. The molecule has 26 heavy (non-hydrogen) atoms. The highest BCUT2D eigenvalue weighted by molar-refractivity contribution is 7.92. The highest BCUT2D eigenvalue weighted by Gasteiger charge is 2.46. The standard InChI is InChI=1S/C16H17F3N2O4S/c1-15(6-8-25-14(10-15)21-7-5-13(22)20-21)26(23,24)12-4-2-3-11(9-12)16(17,18)19/h2-5,7,9,14H,6,8,10H2,1H3,(H,20,22). The molecule has 0 bridgehead atoms. The average molecular weight is 390 g/mol. The smallest absolute Gasteiger partial charge is 0.356 e. The highest BCUT2D eigenvalue weighted by Crippen LogP contribution is 2.40. The van der Waals surface area contributed by atoms with E-state index in [-0.39, 0.29) is 29.9 Å². The highest BCUT2D eigenvalue weighted by atomic mass is 32.2. The Kier molecular flexibility index (Phi) is 4.51. The second kappa shape index (κ2) is 6.27. The summed E-state index contributed by atoms with van der Waals surface area (Å²) in [6, 6.07) is 5.01. The van der Waals surface area contributed by atoms with Crippen LogP contribution in [0.1, 0.15) is 31.6 Å². The van der Waals surface area contributed by atoms with Gasteiger partial charge in [0.2, 0.25) is 0 Å². The van der Waals surface area contributed by atoms with E-state index in [0.717, 1.165) is 18.2 Å². The number of benzene rings is 1. The number of H-pyrrole nitrogens is 1. The van der Waals surface area contributed by atoms with Crippen molar-refractivity contribution in [2.45, 2.75) is 41.8 Å². The lowest BCUT2D eigenvalue weighted by atomic mass is 10.00. The fraction of sp³-hybridized carbons (Fsp3) is 0.438. The van der Waals surface area contributed by atoms with E-state index in [2.05, 4.69) is 5.10 Å². The van der Waals surface area contributed by atoms with Crippen molar-refractivity contribution in [3.8, 4) is 0 Å². The number of aromatic nitrogens is 2. The molecule has 2 heterocycles. The number of nitrogens with one attached hydrogen (secondary N) is 1. The van der Waals surface area contributed by atoms with E-state index in [1.54, 1.807) is 0 Å². The first-order valence-corrected chi connectivity index (χ1v) is 9.32. The fourth-order valence-corrected chi connectivity index (χ4v) is 4.83. The van der Waals surface area contributed by atoms with E-state index in [9.17, 15) is 26.4 Å². The van der Waals surface area contributed by atoms with Crippen molar-refractivity contribution in [3.63, 3.8) is 0 Å². The Morgan fingerprint density at radius 2 is 2.04 bits per heavy atom. The summed E-state index contributed by atoms with van der Waals surface area (Å²) in [6.45, 7) is 1.58. The number of ether oxygens (including phenoxy) is 1. The van der Waals surface area contributed by atoms with Gasteiger partial charge in [0.15, 0.2) is 9.84 Å². The Hall–Kier alpha value is -2.07. The van der Waals surface area contributed by atoms with Crippen LogP contribution in [-0.2, 0) is 20.8 Å². The fourth-order valence-electron chi connectivity index (χ4n) is 3.01. The van der Waals surface area contributed by atoms with Crippen molar-refractivity contribution in [2.75, 3.05) is 6.61 Å². The lowest BCUT2D eigenvalue weighted by Gasteiger charge is -2.37. The first kappa shape index (κ1) is 18.7. The Bertz CT molecular complexity index is 964. The number of sulfone groups is 1. The van der Waals surface area contributed by atoms with Crippen LogP contribution in [0.2, 0.25) is 0 Å². The van der Waals surface area contributed by atoms with Crippen LogP contribution in [-0.4, -0.2) is 29.6 Å². The number of hydrogen-bond acceptors (Lipinski definition) is 4. The van der Waals surface area contributed by atoms with Crippen LogP contribution in [0.4, 0.5) is 13.2 Å². The third-order valence-electron chi connectivity index (χ3n) is 4.60. The molecule has 1 fully saturated rings. The summed E-state index contributed by atoms with van der Waals surface area (Å²) in [7, 11) is -4.06. The zero-order valence-electron chi connectivity index (χ0n) is 13.8. The molecule has 0 amide bonds. The van der Waals surface area contributed by atoms with Crippen LogP contribution >= 0.6 is 0 Å². The molecule has 0 aliphatic carbocycles. The lowest BCUT2D eigenvalue weighted by molar-refractivity contribution is -0.137. The van der Waals surface area contributed by atoms with Crippen molar-refractivity contribution in [2.24, 2.45) is 0 Å². The summed E-state index contributed by atoms with van der Waals surface area (Å²) in [5, 5.41) is 2.50. The molecule has 2 aromatic rings. The van der Waals surface area contributed by atoms with Gasteiger partial charge in [-0.3, -0.25) is 14.6 Å². The molecule has 1 aromatic heterocycles. The van der Waals surface area contributed by atoms with Crippen molar-refractivity contribution in [1.29, 1.82) is 0 Å². The number of hydrogen-bond donors (Lipinski definition) is 1. The van der Waals surface area contributed by atoms with Crippen LogP contribution in [0, 0.1) is 0 Å². The SMILES string of the molecule is CC1(S(=O)(=O)c2cccc(C(F)(F)F)c2)CCOC(n2ccc(=O)[nH]2)C1. The molecule has 142 valence electrons. The maximum absolute atomic E-state index is 13.1. The monoisotopic (exact) mass is 390 g/mol. The first-order chi connectivity index (χ1) is 12.0. The van der Waals surface area contributed by atoms with E-state index in [1.165, 1.54) is 23.9 Å². The molecule has 10 heteroatoms. The Labute approximate surface area is 147 Å². The number of aromatic amines is 1. The molecule has 0 spiro atoms. The maximum Gasteiger partial charge on any atom is 0.416 e. The zero-order valence-corrected chi connectivity index (χ0v) is 14.6. The van der Waals surface area contributed by atoms with E-state index in [1.807, 2.05) is 0 Å². The Morgan fingerprint density at radius 3 is 2.65 bits per heavy atom. The van der Waals surface area contributed by atoms with Crippen LogP contribution in [0.25, 0.3) is 0 Å². The summed E-state index contributed by atoms with van der Waals surface area (Å²) in [5.74, 6) is 0. The largest absolute Gasteiger partial charge is 0.416 e. The normalized spacial score (nSPS) is 24.5. The number of alkyl halides is 3. The molecule has 0 radical (unpaired) electrons. The molecule has 2 unspecified atom stereocenters. The van der Waals surface area contributed by atoms with Gasteiger partial charge in [-0.05, 0) is 31.5 Å². The minimum atomic E-state index is -4.63. The number of nitrogens with zero attached hydrogens (tertiary/aromatic N) is 1. The molecular formula is C16H17F3N2O4S. The summed E-state index contributed by atoms with van der Waals surface area (Å²) < 4.78 is 70.5. The molecule has 1 aromatic carbocycles. The van der Waals surface area contributed by atoms with Crippen molar-refractivity contribution in [3.05, 3.63) is 52.4 Å². The Morgan fingerprint density at radius 1 is 1.31 bits per heavy atom. The number of rotatable bonds is 3. The van der Waals surface area contributed by atoms with Gasteiger partial charge in [0.1, 0.15) is 6.23 Å². The van der Waals surface area contributed by atoms with Gasteiger partial charge >= 0.3 is 6.18 Å². The van der Waals surface area contributed by atoms with Gasteiger partial charge in [0, 0.05) is 18.7 Å². The first-order valence-electron chi connectivity index (χ1n) is 7.84. The predicted molar refractivity (Wildman–Crippen MR) is 86.3 cm³/mol. The van der Waals surface area contributed by atoms with Gasteiger partial charge in [-0.1, -0.05) is 6.07 Å². The van der Waals surface area contributed by atoms with Gasteiger partial charge < -0.3 is 4.74 Å². The van der Waals surface area contributed by atoms with Crippen molar-refractivity contribution >= 4 is 9.84 Å². The average Bonchev–Trinajstić information content (AvgIpc) is 3.01. The second-order valence-electron chi connectivity index (χ2n) is 6.46. The molecule has 1 N–H and O–H groups in total. The Balaban J connectivity index is 1.96. The zero-order chi connectivity index (χ0) is 19.2.